The van der Waals surface area contributed by atoms with Gasteiger partial charge in [-0.25, -0.2) is 0 Å². The summed E-state index contributed by atoms with van der Waals surface area (Å²) in [5.41, 5.74) is 2.01. The molecule has 1 aromatic rings. The lowest BCUT2D eigenvalue weighted by Gasteiger charge is -2.10. The van der Waals surface area contributed by atoms with Crippen molar-refractivity contribution in [2.24, 2.45) is 18.9 Å². The molecule has 1 fully saturated rings. The topological polar surface area (TPSA) is 84.2 Å². The molecule has 0 bridgehead atoms. The van der Waals surface area contributed by atoms with Crippen molar-refractivity contribution < 1.29 is 14.7 Å². The van der Waals surface area contributed by atoms with Crippen molar-refractivity contribution in [3.63, 3.8) is 0 Å². The fraction of sp³-hybridized carbons (Fsp3) is 0.643. The number of rotatable bonds is 5. The van der Waals surface area contributed by atoms with Crippen LogP contribution in [0.1, 0.15) is 37.4 Å². The van der Waals surface area contributed by atoms with Crippen LogP contribution < -0.4 is 5.32 Å². The average molecular weight is 279 g/mol. The number of carbonyl (C=O) groups is 2. The molecule has 6 nitrogen and oxygen atoms in total. The third-order valence-corrected chi connectivity index (χ3v) is 3.93. The highest BCUT2D eigenvalue weighted by Crippen LogP contribution is 2.31. The maximum atomic E-state index is 12.1. The van der Waals surface area contributed by atoms with Gasteiger partial charge in [-0.1, -0.05) is 6.92 Å². The number of carboxylic acids is 1. The van der Waals surface area contributed by atoms with Crippen molar-refractivity contribution in [3.8, 4) is 0 Å². The molecule has 1 saturated carbocycles. The number of carbonyl (C=O) groups excluding carboxylic acids is 1. The normalized spacial score (nSPS) is 21.9. The van der Waals surface area contributed by atoms with E-state index < -0.39 is 5.97 Å². The van der Waals surface area contributed by atoms with Gasteiger partial charge in [-0.15, -0.1) is 0 Å². The molecular formula is C14H21N3O3. The SMILES string of the molecule is CCc1nn(C)cc1CNC(=O)[C@@H]1CC[C@H](C(=O)O)C1. The predicted molar refractivity (Wildman–Crippen MR) is 72.9 cm³/mol. The van der Waals surface area contributed by atoms with Crippen molar-refractivity contribution in [1.82, 2.24) is 15.1 Å². The van der Waals surface area contributed by atoms with Crippen LogP contribution >= 0.6 is 0 Å². The third kappa shape index (κ3) is 3.18. The Morgan fingerprint density at radius 3 is 2.75 bits per heavy atom. The van der Waals surface area contributed by atoms with E-state index in [0.717, 1.165) is 17.7 Å². The van der Waals surface area contributed by atoms with Crippen LogP contribution in [0, 0.1) is 11.8 Å². The molecule has 20 heavy (non-hydrogen) atoms. The summed E-state index contributed by atoms with van der Waals surface area (Å²) in [7, 11) is 1.86. The van der Waals surface area contributed by atoms with E-state index in [-0.39, 0.29) is 17.7 Å². The van der Waals surface area contributed by atoms with E-state index in [1.807, 2.05) is 20.2 Å². The van der Waals surface area contributed by atoms with Gasteiger partial charge >= 0.3 is 5.97 Å². The fourth-order valence-electron chi connectivity index (χ4n) is 2.80. The molecule has 1 aliphatic carbocycles. The minimum Gasteiger partial charge on any atom is -0.481 e. The largest absolute Gasteiger partial charge is 0.481 e. The van der Waals surface area contributed by atoms with E-state index in [9.17, 15) is 9.59 Å². The highest BCUT2D eigenvalue weighted by molar-refractivity contribution is 5.80. The van der Waals surface area contributed by atoms with Gasteiger partial charge in [0.15, 0.2) is 0 Å². The van der Waals surface area contributed by atoms with E-state index in [2.05, 4.69) is 10.4 Å². The number of amides is 1. The maximum absolute atomic E-state index is 12.1. The van der Waals surface area contributed by atoms with Gasteiger partial charge in [0.1, 0.15) is 0 Å². The zero-order valence-corrected chi connectivity index (χ0v) is 11.9. The lowest BCUT2D eigenvalue weighted by Crippen LogP contribution is -2.29. The third-order valence-electron chi connectivity index (χ3n) is 3.93. The van der Waals surface area contributed by atoms with Crippen molar-refractivity contribution in [2.75, 3.05) is 0 Å². The Hall–Kier alpha value is -1.85. The van der Waals surface area contributed by atoms with Crippen LogP contribution in [0.2, 0.25) is 0 Å². The molecule has 0 aromatic carbocycles. The van der Waals surface area contributed by atoms with Crippen LogP contribution in [0.3, 0.4) is 0 Å². The van der Waals surface area contributed by atoms with E-state index in [4.69, 9.17) is 5.11 Å². The number of hydrogen-bond acceptors (Lipinski definition) is 3. The lowest BCUT2D eigenvalue weighted by atomic mass is 10.0. The Morgan fingerprint density at radius 2 is 2.15 bits per heavy atom. The van der Waals surface area contributed by atoms with E-state index in [0.29, 0.717) is 25.8 Å². The second-order valence-electron chi connectivity index (χ2n) is 5.39. The Balaban J connectivity index is 1.88. The number of aromatic nitrogens is 2. The first-order chi connectivity index (χ1) is 9.51. The zero-order valence-electron chi connectivity index (χ0n) is 11.9. The van der Waals surface area contributed by atoms with Gasteiger partial charge in [0.2, 0.25) is 5.91 Å². The van der Waals surface area contributed by atoms with Crippen molar-refractivity contribution in [3.05, 3.63) is 17.5 Å². The molecule has 6 heteroatoms. The lowest BCUT2D eigenvalue weighted by molar-refractivity contribution is -0.141. The van der Waals surface area contributed by atoms with Gasteiger partial charge in [0.05, 0.1) is 11.6 Å². The molecule has 0 spiro atoms. The van der Waals surface area contributed by atoms with Gasteiger partial charge in [-0.3, -0.25) is 14.3 Å². The standard InChI is InChI=1S/C14H21N3O3/c1-3-12-11(8-17(2)16-12)7-15-13(18)9-4-5-10(6-9)14(19)20/h8-10H,3-7H2,1-2H3,(H,15,18)(H,19,20)/t9-,10+/m1/s1. The van der Waals surface area contributed by atoms with Crippen LogP contribution in [-0.4, -0.2) is 26.8 Å². The molecule has 110 valence electrons. The molecule has 1 amide bonds. The Labute approximate surface area is 118 Å². The van der Waals surface area contributed by atoms with Crippen LogP contribution in [0.15, 0.2) is 6.20 Å². The molecule has 2 N–H and O–H groups in total. The second kappa shape index (κ2) is 6.07. The first-order valence-corrected chi connectivity index (χ1v) is 7.03. The van der Waals surface area contributed by atoms with Crippen molar-refractivity contribution in [1.29, 1.82) is 0 Å². The average Bonchev–Trinajstić information content (AvgIpc) is 3.02. The van der Waals surface area contributed by atoms with Crippen LogP contribution in [0.5, 0.6) is 0 Å². The second-order valence-corrected chi connectivity index (χ2v) is 5.39. The zero-order chi connectivity index (χ0) is 14.7. The molecule has 1 aliphatic rings. The minimum atomic E-state index is -0.791. The molecule has 1 aromatic heterocycles. The highest BCUT2D eigenvalue weighted by Gasteiger charge is 2.33. The monoisotopic (exact) mass is 279 g/mol. The number of aliphatic carboxylic acids is 1. The van der Waals surface area contributed by atoms with Crippen LogP contribution in [0.4, 0.5) is 0 Å². The first-order valence-electron chi connectivity index (χ1n) is 7.03. The number of aryl methyl sites for hydroxylation is 2. The first kappa shape index (κ1) is 14.6. The number of carboxylic acid groups (broad SMARTS) is 1. The Morgan fingerprint density at radius 1 is 1.45 bits per heavy atom. The summed E-state index contributed by atoms with van der Waals surface area (Å²) >= 11 is 0. The van der Waals surface area contributed by atoms with E-state index >= 15 is 0 Å². The van der Waals surface area contributed by atoms with Gasteiger partial charge in [-0.05, 0) is 25.7 Å². The molecule has 0 radical (unpaired) electrons. The Bertz CT molecular complexity index is 510. The van der Waals surface area contributed by atoms with Gasteiger partial charge in [0.25, 0.3) is 0 Å². The van der Waals surface area contributed by atoms with Crippen molar-refractivity contribution >= 4 is 11.9 Å². The summed E-state index contributed by atoms with van der Waals surface area (Å²) in [6.07, 6.45) is 4.45. The summed E-state index contributed by atoms with van der Waals surface area (Å²) in [5.74, 6) is -1.37. The van der Waals surface area contributed by atoms with Gasteiger partial charge in [0, 0.05) is 31.3 Å². The molecular weight excluding hydrogens is 258 g/mol. The summed E-state index contributed by atoms with van der Waals surface area (Å²) in [6.45, 7) is 2.49. The van der Waals surface area contributed by atoms with Crippen LogP contribution in [0.25, 0.3) is 0 Å². The molecule has 1 heterocycles. The summed E-state index contributed by atoms with van der Waals surface area (Å²) in [4.78, 5) is 23.0. The summed E-state index contributed by atoms with van der Waals surface area (Å²) in [6, 6.07) is 0. The van der Waals surface area contributed by atoms with Gasteiger partial charge in [-0.2, -0.15) is 5.10 Å². The summed E-state index contributed by atoms with van der Waals surface area (Å²) < 4.78 is 1.75. The van der Waals surface area contributed by atoms with Crippen molar-refractivity contribution in [2.45, 2.75) is 39.2 Å². The molecule has 0 unspecified atom stereocenters. The number of hydrogen-bond donors (Lipinski definition) is 2. The Kier molecular flexibility index (Phi) is 4.42. The fourth-order valence-corrected chi connectivity index (χ4v) is 2.80. The summed E-state index contributed by atoms with van der Waals surface area (Å²) in [5, 5.41) is 16.2. The predicted octanol–water partition coefficient (Wildman–Crippen LogP) is 1.10. The van der Waals surface area contributed by atoms with Gasteiger partial charge < -0.3 is 10.4 Å². The molecule has 0 saturated heterocycles. The van der Waals surface area contributed by atoms with E-state index in [1.54, 1.807) is 4.68 Å². The number of nitrogens with one attached hydrogen (secondary N) is 1. The maximum Gasteiger partial charge on any atom is 0.306 e. The molecule has 2 atom stereocenters. The minimum absolute atomic E-state index is 0.0420. The van der Waals surface area contributed by atoms with E-state index in [1.165, 1.54) is 0 Å². The smallest absolute Gasteiger partial charge is 0.306 e. The quantitative estimate of drug-likeness (QED) is 0.845. The van der Waals surface area contributed by atoms with Crippen LogP contribution in [-0.2, 0) is 29.6 Å². The molecule has 0 aliphatic heterocycles. The molecule has 2 rings (SSSR count). The number of nitrogens with zero attached hydrogens (tertiary/aromatic N) is 2. The highest BCUT2D eigenvalue weighted by atomic mass is 16.4.